The Bertz CT molecular complexity index is 449. The van der Waals surface area contributed by atoms with E-state index in [1.54, 1.807) is 0 Å². The van der Waals surface area contributed by atoms with Crippen LogP contribution in [0, 0.1) is 6.92 Å². The molecule has 2 aromatic heterocycles. The summed E-state index contributed by atoms with van der Waals surface area (Å²) in [5.41, 5.74) is 2.55. The van der Waals surface area contributed by atoms with Crippen LogP contribution in [0.3, 0.4) is 0 Å². The summed E-state index contributed by atoms with van der Waals surface area (Å²) in [4.78, 5) is 8.05. The summed E-state index contributed by atoms with van der Waals surface area (Å²) in [7, 11) is 0. The Morgan fingerprint density at radius 3 is 2.92 bits per heavy atom. The topological polar surface area (TPSA) is 43.6 Å². The van der Waals surface area contributed by atoms with Crippen molar-refractivity contribution in [2.45, 2.75) is 20.4 Å². The predicted octanol–water partition coefficient (Wildman–Crippen LogP) is 1.81. The van der Waals surface area contributed by atoms with Crippen molar-refractivity contribution in [1.82, 2.24) is 19.7 Å². The lowest BCUT2D eigenvalue weighted by Gasteiger charge is -1.97. The highest BCUT2D eigenvalue weighted by Crippen LogP contribution is 2.21. The van der Waals surface area contributed by atoms with Crippen LogP contribution in [0.5, 0.6) is 0 Å². The molecule has 0 aliphatic rings. The van der Waals surface area contributed by atoms with Crippen LogP contribution in [-0.2, 0) is 6.54 Å². The fraction of sp³-hybridized carbons (Fsp3) is 0.375. The number of halogens is 1. The molecule has 0 bridgehead atoms. The van der Waals surface area contributed by atoms with Crippen LogP contribution < -0.4 is 0 Å². The first kappa shape index (κ1) is 8.44. The SMILES string of the molecule is CCn1nc(C)c2ncnc(Cl)c21. The van der Waals surface area contributed by atoms with Gasteiger partial charge in [0, 0.05) is 6.54 Å². The van der Waals surface area contributed by atoms with Crippen LogP contribution in [0.1, 0.15) is 12.6 Å². The average molecular weight is 197 g/mol. The zero-order valence-corrected chi connectivity index (χ0v) is 8.21. The normalized spacial score (nSPS) is 11.0. The van der Waals surface area contributed by atoms with E-state index >= 15 is 0 Å². The van der Waals surface area contributed by atoms with Gasteiger partial charge in [-0.3, -0.25) is 4.68 Å². The van der Waals surface area contributed by atoms with Gasteiger partial charge >= 0.3 is 0 Å². The van der Waals surface area contributed by atoms with Crippen LogP contribution >= 0.6 is 11.6 Å². The maximum Gasteiger partial charge on any atom is 0.158 e. The van der Waals surface area contributed by atoms with Gasteiger partial charge in [-0.1, -0.05) is 11.6 Å². The molecule has 0 N–H and O–H groups in total. The van der Waals surface area contributed by atoms with Crippen molar-refractivity contribution in [2.75, 3.05) is 0 Å². The first-order valence-electron chi connectivity index (χ1n) is 4.07. The first-order chi connectivity index (χ1) is 6.24. The molecule has 4 nitrogen and oxygen atoms in total. The molecule has 5 heteroatoms. The summed E-state index contributed by atoms with van der Waals surface area (Å²) < 4.78 is 1.81. The molecule has 68 valence electrons. The second kappa shape index (κ2) is 2.96. The Morgan fingerprint density at radius 1 is 1.46 bits per heavy atom. The Kier molecular flexibility index (Phi) is 1.92. The lowest BCUT2D eigenvalue weighted by atomic mass is 10.4. The van der Waals surface area contributed by atoms with Gasteiger partial charge in [0.2, 0.25) is 0 Å². The zero-order valence-electron chi connectivity index (χ0n) is 7.45. The van der Waals surface area contributed by atoms with Gasteiger partial charge in [-0.05, 0) is 13.8 Å². The molecule has 2 aromatic rings. The van der Waals surface area contributed by atoms with Crippen LogP contribution in [0.25, 0.3) is 11.0 Å². The highest BCUT2D eigenvalue weighted by atomic mass is 35.5. The van der Waals surface area contributed by atoms with Crippen molar-refractivity contribution in [3.05, 3.63) is 17.2 Å². The molecular weight excluding hydrogens is 188 g/mol. The average Bonchev–Trinajstić information content (AvgIpc) is 2.45. The summed E-state index contributed by atoms with van der Waals surface area (Å²) in [6.07, 6.45) is 1.46. The molecule has 2 heterocycles. The molecule has 0 aliphatic heterocycles. The molecule has 0 atom stereocenters. The van der Waals surface area contributed by atoms with Crippen molar-refractivity contribution < 1.29 is 0 Å². The van der Waals surface area contributed by atoms with E-state index in [1.165, 1.54) is 6.33 Å². The summed E-state index contributed by atoms with van der Waals surface area (Å²) in [6.45, 7) is 4.70. The third-order valence-corrected chi connectivity index (χ3v) is 2.23. The summed E-state index contributed by atoms with van der Waals surface area (Å²) in [5, 5.41) is 4.76. The molecule has 0 aliphatic carbocycles. The van der Waals surface area contributed by atoms with Gasteiger partial charge < -0.3 is 0 Å². The van der Waals surface area contributed by atoms with E-state index in [1.807, 2.05) is 18.5 Å². The lowest BCUT2D eigenvalue weighted by Crippen LogP contribution is -1.97. The zero-order chi connectivity index (χ0) is 9.42. The molecule has 0 spiro atoms. The highest BCUT2D eigenvalue weighted by Gasteiger charge is 2.10. The number of rotatable bonds is 1. The molecule has 2 rings (SSSR count). The van der Waals surface area contributed by atoms with Crippen molar-refractivity contribution in [3.63, 3.8) is 0 Å². The van der Waals surface area contributed by atoms with E-state index < -0.39 is 0 Å². The third-order valence-electron chi connectivity index (χ3n) is 1.95. The number of fused-ring (bicyclic) bond motifs is 1. The van der Waals surface area contributed by atoms with Crippen molar-refractivity contribution in [3.8, 4) is 0 Å². The van der Waals surface area contributed by atoms with E-state index in [2.05, 4.69) is 15.1 Å². The van der Waals surface area contributed by atoms with E-state index in [-0.39, 0.29) is 0 Å². The van der Waals surface area contributed by atoms with Gasteiger partial charge in [0.1, 0.15) is 17.4 Å². The summed E-state index contributed by atoms with van der Waals surface area (Å²) in [5.74, 6) is 0. The Hall–Kier alpha value is -1.16. The van der Waals surface area contributed by atoms with Crippen LogP contribution in [-0.4, -0.2) is 19.7 Å². The Labute approximate surface area is 80.6 Å². The monoisotopic (exact) mass is 196 g/mol. The second-order valence-corrected chi connectivity index (χ2v) is 3.12. The quantitative estimate of drug-likeness (QED) is 0.654. The first-order valence-corrected chi connectivity index (χ1v) is 4.45. The second-order valence-electron chi connectivity index (χ2n) is 2.76. The van der Waals surface area contributed by atoms with Crippen molar-refractivity contribution >= 4 is 22.6 Å². The fourth-order valence-corrected chi connectivity index (χ4v) is 1.59. The molecule has 0 saturated carbocycles. The minimum absolute atomic E-state index is 0.465. The third kappa shape index (κ3) is 1.18. The standard InChI is InChI=1S/C8H9ClN4/c1-3-13-7-6(5(2)12-13)10-4-11-8(7)9/h4H,3H2,1-2H3. The molecule has 13 heavy (non-hydrogen) atoms. The van der Waals surface area contributed by atoms with E-state index in [0.29, 0.717) is 5.15 Å². The van der Waals surface area contributed by atoms with Crippen LogP contribution in [0.2, 0.25) is 5.15 Å². The largest absolute Gasteiger partial charge is 0.260 e. The number of aromatic nitrogens is 4. The molecule has 0 fully saturated rings. The van der Waals surface area contributed by atoms with Gasteiger partial charge in [0.25, 0.3) is 0 Å². The summed E-state index contributed by atoms with van der Waals surface area (Å²) in [6, 6.07) is 0. The van der Waals surface area contributed by atoms with E-state index in [0.717, 1.165) is 23.3 Å². The minimum atomic E-state index is 0.465. The number of nitrogens with zero attached hydrogens (tertiary/aromatic N) is 4. The van der Waals surface area contributed by atoms with Crippen LogP contribution in [0.4, 0.5) is 0 Å². The van der Waals surface area contributed by atoms with Crippen molar-refractivity contribution in [1.29, 1.82) is 0 Å². The highest BCUT2D eigenvalue weighted by molar-refractivity contribution is 6.33. The smallest absolute Gasteiger partial charge is 0.158 e. The lowest BCUT2D eigenvalue weighted by molar-refractivity contribution is 0.675. The predicted molar refractivity (Wildman–Crippen MR) is 50.7 cm³/mol. The van der Waals surface area contributed by atoms with Gasteiger partial charge in [-0.15, -0.1) is 0 Å². The van der Waals surface area contributed by atoms with Gasteiger partial charge in [-0.2, -0.15) is 5.10 Å². The molecule has 0 aromatic carbocycles. The number of hydrogen-bond acceptors (Lipinski definition) is 3. The number of hydrogen-bond donors (Lipinski definition) is 0. The fourth-order valence-electron chi connectivity index (χ4n) is 1.36. The minimum Gasteiger partial charge on any atom is -0.260 e. The van der Waals surface area contributed by atoms with Gasteiger partial charge in [-0.25, -0.2) is 9.97 Å². The molecular formula is C8H9ClN4. The maximum atomic E-state index is 5.94. The molecule has 0 unspecified atom stereocenters. The summed E-state index contributed by atoms with van der Waals surface area (Å²) >= 11 is 5.94. The Balaban J connectivity index is 2.89. The van der Waals surface area contributed by atoms with Gasteiger partial charge in [0.05, 0.1) is 5.69 Å². The van der Waals surface area contributed by atoms with Gasteiger partial charge in [0.15, 0.2) is 5.15 Å². The molecule has 0 amide bonds. The molecule has 0 saturated heterocycles. The van der Waals surface area contributed by atoms with E-state index in [9.17, 15) is 0 Å². The molecule has 0 radical (unpaired) electrons. The number of aryl methyl sites for hydroxylation is 2. The van der Waals surface area contributed by atoms with E-state index in [4.69, 9.17) is 11.6 Å². The maximum absolute atomic E-state index is 5.94. The van der Waals surface area contributed by atoms with Crippen molar-refractivity contribution in [2.24, 2.45) is 0 Å². The van der Waals surface area contributed by atoms with Crippen LogP contribution in [0.15, 0.2) is 6.33 Å². The Morgan fingerprint density at radius 2 is 2.23 bits per heavy atom.